The van der Waals surface area contributed by atoms with Crippen molar-refractivity contribution in [1.82, 2.24) is 34.4 Å². The lowest BCUT2D eigenvalue weighted by atomic mass is 9.90. The van der Waals surface area contributed by atoms with Crippen LogP contribution in [0.2, 0.25) is 0 Å². The van der Waals surface area contributed by atoms with Crippen LogP contribution in [0.5, 0.6) is 0 Å². The zero-order valence-electron chi connectivity index (χ0n) is 22.0. The van der Waals surface area contributed by atoms with Crippen LogP contribution in [0.25, 0.3) is 28.3 Å². The molecular formula is C30H33N7. The first-order valence-electron chi connectivity index (χ1n) is 13.0. The molecule has 7 heteroatoms. The minimum absolute atomic E-state index is 0.188. The molecule has 4 aromatic heterocycles. The second-order valence-electron chi connectivity index (χ2n) is 10.9. The van der Waals surface area contributed by atoms with Crippen LogP contribution in [0, 0.1) is 6.92 Å². The highest BCUT2D eigenvalue weighted by Crippen LogP contribution is 2.31. The van der Waals surface area contributed by atoms with Gasteiger partial charge in [-0.25, -0.2) is 14.5 Å². The topological polar surface area (TPSA) is 75.0 Å². The molecule has 5 heterocycles. The largest absolute Gasteiger partial charge is 0.340 e. The van der Waals surface area contributed by atoms with Crippen molar-refractivity contribution in [2.75, 3.05) is 6.54 Å². The lowest BCUT2D eigenvalue weighted by Gasteiger charge is -2.39. The number of imidazole rings is 1. The fourth-order valence-corrected chi connectivity index (χ4v) is 5.32. The highest BCUT2D eigenvalue weighted by molar-refractivity contribution is 5.77. The molecule has 188 valence electrons. The number of pyridine rings is 2. The van der Waals surface area contributed by atoms with Crippen molar-refractivity contribution in [3.63, 3.8) is 0 Å². The first kappa shape index (κ1) is 23.6. The van der Waals surface area contributed by atoms with Gasteiger partial charge in [-0.2, -0.15) is 5.10 Å². The third kappa shape index (κ3) is 4.67. The molecule has 0 fully saturated rings. The van der Waals surface area contributed by atoms with Gasteiger partial charge in [0.2, 0.25) is 0 Å². The standard InChI is InChI=1S/C30H33N7/c1-20-7-5-10-25(33-20)29-28(23-12-14-27-31-19-32-37(27)18-23)34-26(35-29)13-11-21-8-6-9-22-17-36(30(2,3)4)16-15-24(21)22/h5-10,12,14,18-19H,11,13,15-17H2,1-4H3,(H,34,35). The second-order valence-corrected chi connectivity index (χ2v) is 10.9. The van der Waals surface area contributed by atoms with E-state index < -0.39 is 0 Å². The number of hydrogen-bond donors (Lipinski definition) is 1. The molecule has 0 unspecified atom stereocenters. The van der Waals surface area contributed by atoms with Gasteiger partial charge >= 0.3 is 0 Å². The fourth-order valence-electron chi connectivity index (χ4n) is 5.32. The van der Waals surface area contributed by atoms with Gasteiger partial charge in [-0.3, -0.25) is 9.88 Å². The van der Waals surface area contributed by atoms with Gasteiger partial charge in [0.05, 0.1) is 17.1 Å². The van der Waals surface area contributed by atoms with Gasteiger partial charge in [0.1, 0.15) is 12.2 Å². The molecule has 0 spiro atoms. The molecule has 0 atom stereocenters. The number of fused-ring (bicyclic) bond motifs is 2. The molecule has 0 saturated heterocycles. The zero-order chi connectivity index (χ0) is 25.6. The average molecular weight is 492 g/mol. The van der Waals surface area contributed by atoms with Crippen molar-refractivity contribution in [1.29, 1.82) is 0 Å². The molecule has 0 radical (unpaired) electrons. The molecule has 0 saturated carbocycles. The Labute approximate surface area is 217 Å². The van der Waals surface area contributed by atoms with E-state index in [-0.39, 0.29) is 5.54 Å². The van der Waals surface area contributed by atoms with Gasteiger partial charge in [-0.05, 0) is 81.5 Å². The maximum absolute atomic E-state index is 5.08. The van der Waals surface area contributed by atoms with Gasteiger partial charge in [-0.15, -0.1) is 0 Å². The summed E-state index contributed by atoms with van der Waals surface area (Å²) in [5.74, 6) is 0.969. The molecule has 1 aliphatic rings. The van der Waals surface area contributed by atoms with Gasteiger partial charge < -0.3 is 4.98 Å². The molecular weight excluding hydrogens is 458 g/mol. The molecule has 0 bridgehead atoms. The molecule has 7 nitrogen and oxygen atoms in total. The Bertz CT molecular complexity index is 1570. The summed E-state index contributed by atoms with van der Waals surface area (Å²) in [6.07, 6.45) is 6.44. The van der Waals surface area contributed by atoms with Crippen molar-refractivity contribution >= 4 is 5.65 Å². The van der Waals surface area contributed by atoms with Crippen LogP contribution in [-0.4, -0.2) is 46.5 Å². The van der Waals surface area contributed by atoms with Crippen molar-refractivity contribution in [3.05, 3.63) is 89.3 Å². The molecule has 0 amide bonds. The summed E-state index contributed by atoms with van der Waals surface area (Å²) in [5.41, 5.74) is 10.1. The second kappa shape index (κ2) is 9.23. The summed E-state index contributed by atoms with van der Waals surface area (Å²) >= 11 is 0. The molecule has 5 aromatic rings. The number of benzene rings is 1. The summed E-state index contributed by atoms with van der Waals surface area (Å²) < 4.78 is 1.79. The molecule has 1 aliphatic heterocycles. The fraction of sp³-hybridized carbons (Fsp3) is 0.333. The molecule has 1 aromatic carbocycles. The minimum Gasteiger partial charge on any atom is -0.340 e. The maximum atomic E-state index is 5.08. The van der Waals surface area contributed by atoms with Crippen LogP contribution in [0.3, 0.4) is 0 Å². The van der Waals surface area contributed by atoms with Crippen LogP contribution in [0.4, 0.5) is 0 Å². The first-order chi connectivity index (χ1) is 17.8. The highest BCUT2D eigenvalue weighted by Gasteiger charge is 2.26. The molecule has 37 heavy (non-hydrogen) atoms. The zero-order valence-corrected chi connectivity index (χ0v) is 22.0. The SMILES string of the molecule is Cc1cccc(-c2[nH]c(CCc3cccc4c3CCN(C(C)(C)C)C4)nc2-c2ccc3ncnn3c2)n1. The Balaban J connectivity index is 1.32. The van der Waals surface area contributed by atoms with Gasteiger partial charge in [-0.1, -0.05) is 24.3 Å². The van der Waals surface area contributed by atoms with Crippen molar-refractivity contribution in [3.8, 4) is 22.6 Å². The number of H-pyrrole nitrogens is 1. The minimum atomic E-state index is 0.188. The molecule has 1 N–H and O–H groups in total. The van der Waals surface area contributed by atoms with E-state index in [9.17, 15) is 0 Å². The summed E-state index contributed by atoms with van der Waals surface area (Å²) in [5, 5.41) is 4.31. The number of nitrogens with zero attached hydrogens (tertiary/aromatic N) is 6. The van der Waals surface area contributed by atoms with Gasteiger partial charge in [0.25, 0.3) is 0 Å². The Kier molecular flexibility index (Phi) is 5.88. The summed E-state index contributed by atoms with van der Waals surface area (Å²) in [4.78, 5) is 20.3. The number of rotatable bonds is 5. The number of hydrogen-bond acceptors (Lipinski definition) is 5. The van der Waals surface area contributed by atoms with Crippen LogP contribution >= 0.6 is 0 Å². The highest BCUT2D eigenvalue weighted by atomic mass is 15.3. The predicted octanol–water partition coefficient (Wildman–Crippen LogP) is 5.43. The number of aromatic amines is 1. The van der Waals surface area contributed by atoms with E-state index in [1.165, 1.54) is 16.7 Å². The van der Waals surface area contributed by atoms with E-state index in [4.69, 9.17) is 9.97 Å². The van der Waals surface area contributed by atoms with E-state index >= 15 is 0 Å². The Hall–Kier alpha value is -3.84. The smallest absolute Gasteiger partial charge is 0.155 e. The predicted molar refractivity (Wildman–Crippen MR) is 146 cm³/mol. The Morgan fingerprint density at radius 3 is 2.68 bits per heavy atom. The van der Waals surface area contributed by atoms with Gasteiger partial charge in [0.15, 0.2) is 5.65 Å². The normalized spacial score (nSPS) is 14.3. The van der Waals surface area contributed by atoms with Crippen molar-refractivity contribution in [2.45, 2.75) is 59.0 Å². The van der Waals surface area contributed by atoms with E-state index in [1.54, 1.807) is 10.8 Å². The summed E-state index contributed by atoms with van der Waals surface area (Å²) in [6, 6.07) is 16.9. The summed E-state index contributed by atoms with van der Waals surface area (Å²) in [7, 11) is 0. The molecule has 0 aliphatic carbocycles. The Morgan fingerprint density at radius 2 is 1.84 bits per heavy atom. The third-order valence-corrected chi connectivity index (χ3v) is 7.39. The lowest BCUT2D eigenvalue weighted by molar-refractivity contribution is 0.120. The number of aromatic nitrogens is 6. The van der Waals surface area contributed by atoms with Gasteiger partial charge in [0, 0.05) is 42.5 Å². The Morgan fingerprint density at radius 1 is 0.973 bits per heavy atom. The van der Waals surface area contributed by atoms with Crippen molar-refractivity contribution < 1.29 is 0 Å². The monoisotopic (exact) mass is 491 g/mol. The summed E-state index contributed by atoms with van der Waals surface area (Å²) in [6.45, 7) is 11.0. The maximum Gasteiger partial charge on any atom is 0.155 e. The van der Waals surface area contributed by atoms with E-state index in [0.717, 1.165) is 72.2 Å². The van der Waals surface area contributed by atoms with Crippen LogP contribution in [0.1, 0.15) is 49.0 Å². The number of aryl methyl sites for hydroxylation is 3. The van der Waals surface area contributed by atoms with E-state index in [2.05, 4.69) is 65.0 Å². The number of nitrogens with one attached hydrogen (secondary N) is 1. The molecule has 6 rings (SSSR count). The van der Waals surface area contributed by atoms with Crippen LogP contribution in [0.15, 0.2) is 61.1 Å². The van der Waals surface area contributed by atoms with E-state index in [0.29, 0.717) is 0 Å². The first-order valence-corrected chi connectivity index (χ1v) is 13.0. The lowest BCUT2D eigenvalue weighted by Crippen LogP contribution is -2.44. The van der Waals surface area contributed by atoms with E-state index in [1.807, 2.05) is 37.4 Å². The van der Waals surface area contributed by atoms with Crippen molar-refractivity contribution in [2.24, 2.45) is 0 Å². The van der Waals surface area contributed by atoms with Crippen LogP contribution < -0.4 is 0 Å². The third-order valence-electron chi connectivity index (χ3n) is 7.39. The average Bonchev–Trinajstić information content (AvgIpc) is 3.53. The van der Waals surface area contributed by atoms with Crippen LogP contribution in [-0.2, 0) is 25.8 Å². The quantitative estimate of drug-likeness (QED) is 0.355.